The van der Waals surface area contributed by atoms with E-state index in [9.17, 15) is 9.90 Å². The van der Waals surface area contributed by atoms with Crippen LogP contribution in [0.1, 0.15) is 18.5 Å². The van der Waals surface area contributed by atoms with E-state index in [1.807, 2.05) is 30.1 Å². The van der Waals surface area contributed by atoms with Gasteiger partial charge in [0.05, 0.1) is 13.2 Å². The highest BCUT2D eigenvalue weighted by molar-refractivity contribution is 5.69. The predicted molar refractivity (Wildman–Crippen MR) is 72.7 cm³/mol. The molecule has 1 aromatic heterocycles. The minimum Gasteiger partial charge on any atom is -0.469 e. The highest BCUT2D eigenvalue weighted by atomic mass is 16.5. The Morgan fingerprint density at radius 2 is 2.32 bits per heavy atom. The van der Waals surface area contributed by atoms with Gasteiger partial charge in [-0.2, -0.15) is 0 Å². The van der Waals surface area contributed by atoms with Crippen LogP contribution in [0, 0.1) is 0 Å². The molecule has 0 aliphatic carbocycles. The van der Waals surface area contributed by atoms with Gasteiger partial charge < -0.3 is 14.7 Å². The number of pyridine rings is 1. The van der Waals surface area contributed by atoms with Crippen molar-refractivity contribution in [3.8, 4) is 0 Å². The number of methoxy groups -OCH3 is 1. The minimum atomic E-state index is -0.507. The molecule has 0 amide bonds. The molecule has 1 aromatic rings. The zero-order valence-corrected chi connectivity index (χ0v) is 11.6. The molecular formula is C14H22N2O3. The Labute approximate surface area is 114 Å². The second kappa shape index (κ2) is 8.61. The van der Waals surface area contributed by atoms with Crippen molar-refractivity contribution < 1.29 is 14.6 Å². The summed E-state index contributed by atoms with van der Waals surface area (Å²) in [6.07, 6.45) is 2.81. The molecule has 0 bridgehead atoms. The Hall–Kier alpha value is -1.46. The van der Waals surface area contributed by atoms with Gasteiger partial charge in [0.15, 0.2) is 0 Å². The van der Waals surface area contributed by atoms with E-state index >= 15 is 0 Å². The number of rotatable bonds is 8. The van der Waals surface area contributed by atoms with E-state index in [2.05, 4.69) is 9.72 Å². The summed E-state index contributed by atoms with van der Waals surface area (Å²) in [6.45, 7) is 1.37. The maximum absolute atomic E-state index is 11.0. The smallest absolute Gasteiger partial charge is 0.305 e. The number of esters is 1. The molecule has 0 saturated carbocycles. The summed E-state index contributed by atoms with van der Waals surface area (Å²) in [7, 11) is 3.30. The van der Waals surface area contributed by atoms with Gasteiger partial charge in [-0.3, -0.25) is 9.78 Å². The van der Waals surface area contributed by atoms with Gasteiger partial charge in [-0.15, -0.1) is 0 Å². The maximum Gasteiger partial charge on any atom is 0.305 e. The van der Waals surface area contributed by atoms with Gasteiger partial charge in [-0.1, -0.05) is 6.07 Å². The molecule has 0 aromatic carbocycles. The average Bonchev–Trinajstić information content (AvgIpc) is 2.43. The molecule has 0 fully saturated rings. The van der Waals surface area contributed by atoms with E-state index in [1.54, 1.807) is 6.20 Å². The maximum atomic E-state index is 11.0. The number of aliphatic hydroxyl groups excluding tert-OH is 1. The summed E-state index contributed by atoms with van der Waals surface area (Å²) in [5.74, 6) is -0.282. The summed E-state index contributed by atoms with van der Waals surface area (Å²) in [6, 6.07) is 5.85. The minimum absolute atomic E-state index is 0.256. The van der Waals surface area contributed by atoms with E-state index in [0.29, 0.717) is 13.0 Å². The third-order valence-corrected chi connectivity index (χ3v) is 2.91. The zero-order chi connectivity index (χ0) is 14.1. The lowest BCUT2D eigenvalue weighted by Gasteiger charge is -2.20. The third-order valence-electron chi connectivity index (χ3n) is 2.91. The topological polar surface area (TPSA) is 62.7 Å². The standard InChI is InChI=1S/C14H22N2O3/c1-16(10-8-12-5-3-4-9-15-12)11-13(17)6-7-14(18)19-2/h3-5,9,13,17H,6-8,10-11H2,1-2H3. The fourth-order valence-corrected chi connectivity index (χ4v) is 1.78. The number of carbonyl (C=O) groups excluding carboxylic acids is 1. The summed E-state index contributed by atoms with van der Waals surface area (Å²) in [5.41, 5.74) is 1.04. The van der Waals surface area contributed by atoms with Gasteiger partial charge in [-0.05, 0) is 25.6 Å². The molecule has 1 N–H and O–H groups in total. The predicted octanol–water partition coefficient (Wildman–Crippen LogP) is 0.870. The van der Waals surface area contributed by atoms with Crippen molar-refractivity contribution in [2.24, 2.45) is 0 Å². The Balaban J connectivity index is 2.19. The van der Waals surface area contributed by atoms with Crippen LogP contribution in [-0.2, 0) is 16.0 Å². The normalized spacial score (nSPS) is 12.4. The van der Waals surface area contributed by atoms with Gasteiger partial charge >= 0.3 is 5.97 Å². The first-order valence-electron chi connectivity index (χ1n) is 6.45. The van der Waals surface area contributed by atoms with Crippen molar-refractivity contribution in [2.75, 3.05) is 27.2 Å². The fourth-order valence-electron chi connectivity index (χ4n) is 1.78. The van der Waals surface area contributed by atoms with Crippen LogP contribution >= 0.6 is 0 Å². The Bertz CT molecular complexity index is 370. The molecule has 0 spiro atoms. The largest absolute Gasteiger partial charge is 0.469 e. The summed E-state index contributed by atoms with van der Waals surface area (Å²) in [4.78, 5) is 17.2. The van der Waals surface area contributed by atoms with Crippen molar-refractivity contribution >= 4 is 5.97 Å². The van der Waals surface area contributed by atoms with Crippen LogP contribution in [0.5, 0.6) is 0 Å². The van der Waals surface area contributed by atoms with Gasteiger partial charge in [0.25, 0.3) is 0 Å². The number of aliphatic hydroxyl groups is 1. The van der Waals surface area contributed by atoms with Crippen LogP contribution in [0.25, 0.3) is 0 Å². The first-order chi connectivity index (χ1) is 9.11. The lowest BCUT2D eigenvalue weighted by molar-refractivity contribution is -0.141. The Morgan fingerprint density at radius 3 is 2.95 bits per heavy atom. The summed E-state index contributed by atoms with van der Waals surface area (Å²) < 4.78 is 4.54. The molecule has 1 unspecified atom stereocenters. The second-order valence-corrected chi connectivity index (χ2v) is 4.60. The van der Waals surface area contributed by atoms with E-state index < -0.39 is 6.10 Å². The zero-order valence-electron chi connectivity index (χ0n) is 11.6. The van der Waals surface area contributed by atoms with Crippen LogP contribution < -0.4 is 0 Å². The van der Waals surface area contributed by atoms with E-state index in [-0.39, 0.29) is 12.4 Å². The average molecular weight is 266 g/mol. The fraction of sp³-hybridized carbons (Fsp3) is 0.571. The first-order valence-corrected chi connectivity index (χ1v) is 6.45. The van der Waals surface area contributed by atoms with Crippen molar-refractivity contribution in [2.45, 2.75) is 25.4 Å². The third kappa shape index (κ3) is 6.88. The molecule has 1 rings (SSSR count). The molecule has 5 nitrogen and oxygen atoms in total. The van der Waals surface area contributed by atoms with E-state index in [0.717, 1.165) is 18.7 Å². The van der Waals surface area contributed by atoms with Gasteiger partial charge in [0.2, 0.25) is 0 Å². The lowest BCUT2D eigenvalue weighted by atomic mass is 10.2. The molecule has 19 heavy (non-hydrogen) atoms. The van der Waals surface area contributed by atoms with Crippen LogP contribution in [0.3, 0.4) is 0 Å². The van der Waals surface area contributed by atoms with E-state index in [1.165, 1.54) is 7.11 Å². The lowest BCUT2D eigenvalue weighted by Crippen LogP contribution is -2.31. The van der Waals surface area contributed by atoms with Gasteiger partial charge in [0.1, 0.15) is 0 Å². The van der Waals surface area contributed by atoms with E-state index in [4.69, 9.17) is 0 Å². The molecule has 1 atom stereocenters. The monoisotopic (exact) mass is 266 g/mol. The Morgan fingerprint density at radius 1 is 1.53 bits per heavy atom. The van der Waals surface area contributed by atoms with Crippen LogP contribution in [-0.4, -0.2) is 54.3 Å². The number of hydrogen-bond donors (Lipinski definition) is 1. The van der Waals surface area contributed by atoms with Gasteiger partial charge in [-0.25, -0.2) is 0 Å². The van der Waals surface area contributed by atoms with Crippen molar-refractivity contribution in [1.82, 2.24) is 9.88 Å². The van der Waals surface area contributed by atoms with Crippen molar-refractivity contribution in [3.05, 3.63) is 30.1 Å². The quantitative estimate of drug-likeness (QED) is 0.707. The number of likely N-dealkylation sites (N-methyl/N-ethyl adjacent to an activating group) is 1. The summed E-state index contributed by atoms with van der Waals surface area (Å²) in [5, 5.41) is 9.80. The molecule has 0 radical (unpaired) electrons. The molecule has 0 aliphatic heterocycles. The van der Waals surface area contributed by atoms with Crippen molar-refractivity contribution in [1.29, 1.82) is 0 Å². The second-order valence-electron chi connectivity index (χ2n) is 4.60. The van der Waals surface area contributed by atoms with Crippen molar-refractivity contribution in [3.63, 3.8) is 0 Å². The highest BCUT2D eigenvalue weighted by Gasteiger charge is 2.11. The number of ether oxygens (including phenoxy) is 1. The molecule has 0 saturated heterocycles. The summed E-state index contributed by atoms with van der Waals surface area (Å²) >= 11 is 0. The molecule has 5 heteroatoms. The highest BCUT2D eigenvalue weighted by Crippen LogP contribution is 2.02. The number of nitrogens with zero attached hydrogens (tertiary/aromatic N) is 2. The Kier molecular flexibility index (Phi) is 7.07. The van der Waals surface area contributed by atoms with Crippen LogP contribution in [0.4, 0.5) is 0 Å². The first kappa shape index (κ1) is 15.6. The number of hydrogen-bond acceptors (Lipinski definition) is 5. The number of carbonyl (C=O) groups is 1. The van der Waals surface area contributed by atoms with Crippen LogP contribution in [0.15, 0.2) is 24.4 Å². The molecule has 1 heterocycles. The molecule has 0 aliphatic rings. The van der Waals surface area contributed by atoms with Crippen LogP contribution in [0.2, 0.25) is 0 Å². The molecule has 106 valence electrons. The number of aromatic nitrogens is 1. The van der Waals surface area contributed by atoms with Gasteiger partial charge in [0, 0.05) is 37.8 Å². The SMILES string of the molecule is COC(=O)CCC(O)CN(C)CCc1ccccn1. The molecular weight excluding hydrogens is 244 g/mol.